The molecule has 2 amide bonds. The highest BCUT2D eigenvalue weighted by molar-refractivity contribution is 6.06. The zero-order valence-corrected chi connectivity index (χ0v) is 21.9. The molecule has 0 fully saturated rings. The van der Waals surface area contributed by atoms with Crippen LogP contribution in [0, 0.1) is 0 Å². The van der Waals surface area contributed by atoms with Gasteiger partial charge in [-0.2, -0.15) is 0 Å². The van der Waals surface area contributed by atoms with Gasteiger partial charge in [-0.25, -0.2) is 14.8 Å². The lowest BCUT2D eigenvalue weighted by atomic mass is 10.1. The number of benzene rings is 1. The summed E-state index contributed by atoms with van der Waals surface area (Å²) in [4.78, 5) is 31.8. The summed E-state index contributed by atoms with van der Waals surface area (Å²) in [6.07, 6.45) is 1.58. The number of nitrogens with two attached hydrogens (primary N) is 1. The van der Waals surface area contributed by atoms with Crippen molar-refractivity contribution in [3.8, 4) is 0 Å². The molecule has 3 aromatic rings. The second kappa shape index (κ2) is 13.2. The topological polar surface area (TPSA) is 154 Å². The Bertz CT molecular complexity index is 1210. The Morgan fingerprint density at radius 1 is 1.11 bits per heavy atom. The van der Waals surface area contributed by atoms with E-state index in [2.05, 4.69) is 20.2 Å². The maximum absolute atomic E-state index is 12.1. The first-order valence-electron chi connectivity index (χ1n) is 12.7. The van der Waals surface area contributed by atoms with Crippen molar-refractivity contribution in [3.63, 3.8) is 0 Å². The summed E-state index contributed by atoms with van der Waals surface area (Å²) < 4.78 is 14.0. The van der Waals surface area contributed by atoms with Crippen LogP contribution in [0.3, 0.4) is 0 Å². The van der Waals surface area contributed by atoms with Gasteiger partial charge < -0.3 is 35.5 Å². The highest BCUT2D eigenvalue weighted by Crippen LogP contribution is 2.30. The van der Waals surface area contributed by atoms with E-state index in [9.17, 15) is 9.59 Å². The molecule has 0 aliphatic carbocycles. The number of unbranched alkanes of at least 4 members (excludes halogenated alkanes) is 2. The lowest BCUT2D eigenvalue weighted by molar-refractivity contribution is -0.121. The zero-order valence-electron chi connectivity index (χ0n) is 21.9. The van der Waals surface area contributed by atoms with Crippen LogP contribution in [-0.4, -0.2) is 63.5 Å². The van der Waals surface area contributed by atoms with Crippen LogP contribution in [0.4, 0.5) is 10.6 Å². The number of para-hydroxylation sites is 1. The SMILES string of the molecule is CCOCc1nc2c(N)nc3ccccc3c2n1CC(C)(C)OCCNC(=O)CCCCCNC(=O)O. The van der Waals surface area contributed by atoms with Crippen LogP contribution in [0.2, 0.25) is 0 Å². The number of carbonyl (C=O) groups is 2. The number of hydrogen-bond acceptors (Lipinski definition) is 7. The molecule has 0 radical (unpaired) electrons. The number of imidazole rings is 1. The van der Waals surface area contributed by atoms with Crippen LogP contribution < -0.4 is 16.4 Å². The number of nitrogens with zero attached hydrogens (tertiary/aromatic N) is 3. The van der Waals surface area contributed by atoms with Crippen molar-refractivity contribution in [2.45, 2.75) is 65.2 Å². The van der Waals surface area contributed by atoms with Gasteiger partial charge in [0.2, 0.25) is 5.91 Å². The van der Waals surface area contributed by atoms with Crippen molar-refractivity contribution >= 4 is 39.8 Å². The Hall–Kier alpha value is -3.44. The lowest BCUT2D eigenvalue weighted by Crippen LogP contribution is -2.35. The average molecular weight is 515 g/mol. The van der Waals surface area contributed by atoms with Gasteiger partial charge in [-0.05, 0) is 39.7 Å². The molecule has 0 atom stereocenters. The number of nitrogen functional groups attached to an aromatic ring is 1. The number of pyridine rings is 1. The molecule has 0 aliphatic rings. The minimum absolute atomic E-state index is 0.0401. The van der Waals surface area contributed by atoms with Gasteiger partial charge >= 0.3 is 6.09 Å². The fraction of sp³-hybridized carbons (Fsp3) is 0.538. The van der Waals surface area contributed by atoms with E-state index in [1.807, 2.05) is 45.0 Å². The Labute approximate surface area is 216 Å². The van der Waals surface area contributed by atoms with Gasteiger partial charge in [0.1, 0.15) is 17.9 Å². The van der Waals surface area contributed by atoms with Crippen LogP contribution in [-0.2, 0) is 27.4 Å². The third kappa shape index (κ3) is 8.02. The number of rotatable bonds is 15. The van der Waals surface area contributed by atoms with E-state index >= 15 is 0 Å². The third-order valence-corrected chi connectivity index (χ3v) is 5.94. The van der Waals surface area contributed by atoms with Gasteiger partial charge in [0.05, 0.1) is 29.8 Å². The first-order valence-corrected chi connectivity index (χ1v) is 12.7. The Morgan fingerprint density at radius 3 is 2.65 bits per heavy atom. The third-order valence-electron chi connectivity index (χ3n) is 5.94. The van der Waals surface area contributed by atoms with Crippen LogP contribution in [0.1, 0.15) is 52.3 Å². The first-order chi connectivity index (χ1) is 17.7. The first kappa shape index (κ1) is 28.1. The van der Waals surface area contributed by atoms with E-state index in [0.29, 0.717) is 70.1 Å². The molecule has 5 N–H and O–H groups in total. The molecule has 11 nitrogen and oxygen atoms in total. The maximum Gasteiger partial charge on any atom is 0.404 e. The van der Waals surface area contributed by atoms with Crippen molar-refractivity contribution < 1.29 is 24.2 Å². The molecule has 0 aliphatic heterocycles. The van der Waals surface area contributed by atoms with E-state index in [1.165, 1.54) is 0 Å². The van der Waals surface area contributed by atoms with Crippen molar-refractivity contribution in [3.05, 3.63) is 30.1 Å². The molecule has 1 aromatic carbocycles. The lowest BCUT2D eigenvalue weighted by Gasteiger charge is -2.27. The molecule has 2 aromatic heterocycles. The zero-order chi connectivity index (χ0) is 26.8. The largest absolute Gasteiger partial charge is 0.465 e. The minimum Gasteiger partial charge on any atom is -0.465 e. The van der Waals surface area contributed by atoms with Crippen LogP contribution in [0.5, 0.6) is 0 Å². The molecule has 2 heterocycles. The molecule has 0 bridgehead atoms. The molecule has 0 unspecified atom stereocenters. The van der Waals surface area contributed by atoms with Gasteiger partial charge in [0.15, 0.2) is 5.82 Å². The number of amides is 2. The summed E-state index contributed by atoms with van der Waals surface area (Å²) in [7, 11) is 0. The second-order valence-corrected chi connectivity index (χ2v) is 9.46. The Kier molecular flexibility index (Phi) is 10.0. The van der Waals surface area contributed by atoms with E-state index in [0.717, 1.165) is 28.7 Å². The molecule has 0 spiro atoms. The number of ether oxygens (including phenoxy) is 2. The van der Waals surface area contributed by atoms with E-state index in [-0.39, 0.29) is 5.91 Å². The highest BCUT2D eigenvalue weighted by Gasteiger charge is 2.25. The molecule has 3 rings (SSSR count). The normalized spacial score (nSPS) is 11.8. The van der Waals surface area contributed by atoms with Crippen molar-refractivity contribution in [1.29, 1.82) is 0 Å². The van der Waals surface area contributed by atoms with Gasteiger partial charge in [-0.3, -0.25) is 4.79 Å². The smallest absolute Gasteiger partial charge is 0.404 e. The van der Waals surface area contributed by atoms with E-state index in [4.69, 9.17) is 25.3 Å². The molecule has 11 heteroatoms. The maximum atomic E-state index is 12.1. The number of carbonyl (C=O) groups excluding carboxylic acids is 1. The number of anilines is 1. The number of hydrogen-bond donors (Lipinski definition) is 4. The molecule has 202 valence electrons. The standard InChI is InChI=1S/C26H38N6O5/c1-4-36-16-20-31-22-23(18-10-7-8-11-19(18)30-24(22)27)32(20)17-26(2,3)37-15-14-28-21(33)12-6-5-9-13-29-25(34)35/h7-8,10-11,29H,4-6,9,12-17H2,1-3H3,(H2,27,30)(H,28,33)(H,34,35). The summed E-state index contributed by atoms with van der Waals surface area (Å²) in [5.74, 6) is 1.09. The molecular formula is C26H38N6O5. The van der Waals surface area contributed by atoms with Crippen LogP contribution in [0.25, 0.3) is 21.9 Å². The van der Waals surface area contributed by atoms with E-state index < -0.39 is 11.7 Å². The van der Waals surface area contributed by atoms with Gasteiger partial charge in [-0.15, -0.1) is 0 Å². The van der Waals surface area contributed by atoms with Crippen molar-refractivity contribution in [1.82, 2.24) is 25.2 Å². The molecule has 0 saturated heterocycles. The number of nitrogens with one attached hydrogen (secondary N) is 2. The summed E-state index contributed by atoms with van der Waals surface area (Å²) in [6, 6.07) is 7.84. The Morgan fingerprint density at radius 2 is 1.89 bits per heavy atom. The molecule has 0 saturated carbocycles. The average Bonchev–Trinajstić information content (AvgIpc) is 3.21. The molecular weight excluding hydrogens is 476 g/mol. The summed E-state index contributed by atoms with van der Waals surface area (Å²) in [6.45, 7) is 8.53. The fourth-order valence-corrected chi connectivity index (χ4v) is 4.19. The number of carboxylic acid groups (broad SMARTS) is 1. The van der Waals surface area contributed by atoms with Crippen LogP contribution in [0.15, 0.2) is 24.3 Å². The molecule has 37 heavy (non-hydrogen) atoms. The summed E-state index contributed by atoms with van der Waals surface area (Å²) in [5.41, 5.74) is 8.06. The van der Waals surface area contributed by atoms with Crippen molar-refractivity contribution in [2.24, 2.45) is 0 Å². The predicted molar refractivity (Wildman–Crippen MR) is 142 cm³/mol. The summed E-state index contributed by atoms with van der Waals surface area (Å²) in [5, 5.41) is 14.7. The predicted octanol–water partition coefficient (Wildman–Crippen LogP) is 3.44. The quantitative estimate of drug-likeness (QED) is 0.225. The fourth-order valence-electron chi connectivity index (χ4n) is 4.19. The van der Waals surface area contributed by atoms with Crippen molar-refractivity contribution in [2.75, 3.05) is 32.0 Å². The summed E-state index contributed by atoms with van der Waals surface area (Å²) >= 11 is 0. The van der Waals surface area contributed by atoms with Gasteiger partial charge in [0, 0.05) is 31.5 Å². The Balaban J connectivity index is 1.59. The monoisotopic (exact) mass is 514 g/mol. The van der Waals surface area contributed by atoms with Crippen LogP contribution >= 0.6 is 0 Å². The van der Waals surface area contributed by atoms with Gasteiger partial charge in [0.25, 0.3) is 0 Å². The van der Waals surface area contributed by atoms with E-state index in [1.54, 1.807) is 0 Å². The second-order valence-electron chi connectivity index (χ2n) is 9.46. The minimum atomic E-state index is -1.03. The highest BCUT2D eigenvalue weighted by atomic mass is 16.5. The number of fused-ring (bicyclic) bond motifs is 3. The van der Waals surface area contributed by atoms with Gasteiger partial charge in [-0.1, -0.05) is 24.6 Å². The number of aromatic nitrogens is 3.